The molecule has 12 heavy (non-hydrogen) atoms. The average molecular weight is 213 g/mol. The quantitative estimate of drug-likeness (QED) is 0.667. The molecule has 1 saturated heterocycles. The Morgan fingerprint density at radius 2 is 2.58 bits per heavy atom. The van der Waals surface area contributed by atoms with Crippen LogP contribution in [0.2, 0.25) is 0 Å². The van der Waals surface area contributed by atoms with Crippen molar-refractivity contribution in [2.24, 2.45) is 5.92 Å². The van der Waals surface area contributed by atoms with Crippen molar-refractivity contribution in [2.45, 2.75) is 25.9 Å². The first-order valence-electron chi connectivity index (χ1n) is 4.80. The molecule has 0 amide bonds. The van der Waals surface area contributed by atoms with Crippen LogP contribution in [-0.4, -0.2) is 26.0 Å². The van der Waals surface area contributed by atoms with E-state index in [1.807, 2.05) is 0 Å². The van der Waals surface area contributed by atoms with E-state index < -0.39 is 7.50 Å². The van der Waals surface area contributed by atoms with E-state index in [4.69, 9.17) is 21.9 Å². The highest BCUT2D eigenvalue weighted by Gasteiger charge is 2.28. The first kappa shape index (κ1) is 9.21. The molecule has 1 aliphatic rings. The van der Waals surface area contributed by atoms with Crippen LogP contribution in [-0.2, 0) is 9.26 Å². The summed E-state index contributed by atoms with van der Waals surface area (Å²) in [5, 5.41) is 0. The van der Waals surface area contributed by atoms with Gasteiger partial charge in [-0.15, -0.1) is 0 Å². The maximum Gasteiger partial charge on any atom is 0.124 e. The standard InChI is InChI=1S/C8H16ClO2P/c1-3-8-7(4-5-11-8)6-12(9)10-2/h7-8H,3-6H2,1-2H3/t7-,8-,12?/m1/s1/i5T/t5?,7-,8-,12?. The van der Waals surface area contributed by atoms with Crippen molar-refractivity contribution in [2.75, 3.05) is 19.9 Å². The first-order valence-corrected chi connectivity index (χ1v) is 6.57. The third-order valence-corrected chi connectivity index (χ3v) is 4.15. The fourth-order valence-electron chi connectivity index (χ4n) is 1.45. The molecule has 0 aromatic carbocycles. The molecule has 4 heteroatoms. The molecule has 0 aromatic rings. The van der Waals surface area contributed by atoms with Gasteiger partial charge in [-0.25, -0.2) is 0 Å². The molecule has 0 aliphatic carbocycles. The van der Waals surface area contributed by atoms with Crippen molar-refractivity contribution in [1.29, 1.82) is 0 Å². The molecule has 0 N–H and O–H groups in total. The van der Waals surface area contributed by atoms with Crippen LogP contribution in [0.3, 0.4) is 0 Å². The molecule has 1 fully saturated rings. The van der Waals surface area contributed by atoms with E-state index in [2.05, 4.69) is 6.92 Å². The largest absolute Gasteiger partial charge is 0.378 e. The minimum Gasteiger partial charge on any atom is -0.378 e. The zero-order valence-corrected chi connectivity index (χ0v) is 9.15. The van der Waals surface area contributed by atoms with E-state index in [1.54, 1.807) is 7.11 Å². The first-order chi connectivity index (χ1) is 6.17. The van der Waals surface area contributed by atoms with Crippen LogP contribution in [0.1, 0.15) is 21.1 Å². The lowest BCUT2D eigenvalue weighted by molar-refractivity contribution is 0.0916. The Morgan fingerprint density at radius 3 is 3.17 bits per heavy atom. The Bertz CT molecular complexity index is 161. The third-order valence-electron chi connectivity index (χ3n) is 2.17. The number of ether oxygens (including phenoxy) is 1. The van der Waals surface area contributed by atoms with E-state index in [9.17, 15) is 0 Å². The van der Waals surface area contributed by atoms with Gasteiger partial charge < -0.3 is 9.26 Å². The Kier molecular flexibility index (Phi) is 4.13. The van der Waals surface area contributed by atoms with Gasteiger partial charge in [-0.2, -0.15) is 0 Å². The molecule has 72 valence electrons. The van der Waals surface area contributed by atoms with E-state index >= 15 is 0 Å². The summed E-state index contributed by atoms with van der Waals surface area (Å²) >= 11 is 5.94. The lowest BCUT2D eigenvalue weighted by atomic mass is 10.0. The summed E-state index contributed by atoms with van der Waals surface area (Å²) in [5.74, 6) is 0.413. The summed E-state index contributed by atoms with van der Waals surface area (Å²) in [6.45, 7) is 1.73. The van der Waals surface area contributed by atoms with Gasteiger partial charge in [-0.1, -0.05) is 18.2 Å². The molecule has 0 saturated carbocycles. The van der Waals surface area contributed by atoms with Crippen molar-refractivity contribution < 1.29 is 10.6 Å². The van der Waals surface area contributed by atoms with E-state index in [0.717, 1.165) is 19.0 Å². The minimum atomic E-state index is -0.832. The lowest BCUT2D eigenvalue weighted by Crippen LogP contribution is -2.17. The van der Waals surface area contributed by atoms with Gasteiger partial charge in [0, 0.05) is 19.9 Å². The van der Waals surface area contributed by atoms with Crippen molar-refractivity contribution >= 4 is 18.7 Å². The topological polar surface area (TPSA) is 18.5 Å². The molecule has 0 spiro atoms. The predicted molar refractivity (Wildman–Crippen MR) is 52.8 cm³/mol. The maximum absolute atomic E-state index is 7.50. The second-order valence-corrected chi connectivity index (χ2v) is 5.42. The maximum atomic E-state index is 7.50. The minimum absolute atomic E-state index is 0.210. The van der Waals surface area contributed by atoms with Crippen LogP contribution in [0.5, 0.6) is 0 Å². The highest BCUT2D eigenvalue weighted by molar-refractivity contribution is 7.80. The van der Waals surface area contributed by atoms with Gasteiger partial charge in [-0.3, -0.25) is 0 Å². The van der Waals surface area contributed by atoms with Crippen LogP contribution < -0.4 is 0 Å². The van der Waals surface area contributed by atoms with Crippen molar-refractivity contribution in [1.82, 2.24) is 0 Å². The summed E-state index contributed by atoms with van der Waals surface area (Å²) in [6, 6.07) is 0. The van der Waals surface area contributed by atoms with Crippen LogP contribution in [0.25, 0.3) is 0 Å². The second kappa shape index (κ2) is 5.39. The summed E-state index contributed by atoms with van der Waals surface area (Å²) in [4.78, 5) is 0. The molecule has 2 nitrogen and oxygen atoms in total. The number of hydrogen-bond donors (Lipinski definition) is 0. The molecular weight excluding hydrogens is 195 g/mol. The van der Waals surface area contributed by atoms with Crippen LogP contribution in [0.4, 0.5) is 0 Å². The molecular formula is C8H16ClO2P. The van der Waals surface area contributed by atoms with Crippen LogP contribution in [0, 0.1) is 5.92 Å². The van der Waals surface area contributed by atoms with Gasteiger partial charge in [-0.05, 0) is 18.8 Å². The molecule has 1 aliphatic heterocycles. The number of hydrogen-bond acceptors (Lipinski definition) is 2. The molecule has 0 bridgehead atoms. The summed E-state index contributed by atoms with van der Waals surface area (Å²) < 4.78 is 18.0. The summed E-state index contributed by atoms with van der Waals surface area (Å²) in [7, 11) is 0.801. The SMILES string of the molecule is [3H]C1C[C@H](CP(Cl)OC)[C@@H](CC)O1. The molecule has 1 rings (SSSR count). The third kappa shape index (κ3) is 2.85. The van der Waals surface area contributed by atoms with Crippen molar-refractivity contribution in [3.8, 4) is 0 Å². The van der Waals surface area contributed by atoms with E-state index in [1.165, 1.54) is 0 Å². The second-order valence-electron chi connectivity index (χ2n) is 2.93. The van der Waals surface area contributed by atoms with Gasteiger partial charge in [0.25, 0.3) is 0 Å². The zero-order valence-electron chi connectivity index (χ0n) is 8.50. The summed E-state index contributed by atoms with van der Waals surface area (Å²) in [6.07, 6.45) is 2.82. The molecule has 2 unspecified atom stereocenters. The molecule has 1 heterocycles. The van der Waals surface area contributed by atoms with Crippen molar-refractivity contribution in [3.63, 3.8) is 0 Å². The fraction of sp³-hybridized carbons (Fsp3) is 1.00. The van der Waals surface area contributed by atoms with E-state index in [0.29, 0.717) is 5.92 Å². The van der Waals surface area contributed by atoms with Gasteiger partial charge in [0.15, 0.2) is 0 Å². The highest BCUT2D eigenvalue weighted by Crippen LogP contribution is 2.46. The van der Waals surface area contributed by atoms with E-state index in [-0.39, 0.29) is 12.7 Å². The van der Waals surface area contributed by atoms with Gasteiger partial charge in [0.2, 0.25) is 0 Å². The summed E-state index contributed by atoms with van der Waals surface area (Å²) in [5.41, 5.74) is 0. The van der Waals surface area contributed by atoms with Crippen LogP contribution >= 0.6 is 18.7 Å². The Hall–Kier alpha value is 0.640. The van der Waals surface area contributed by atoms with Gasteiger partial charge in [0.05, 0.1) is 7.47 Å². The predicted octanol–water partition coefficient (Wildman–Crippen LogP) is 3.00. The average Bonchev–Trinajstić information content (AvgIpc) is 2.46. The lowest BCUT2D eigenvalue weighted by Gasteiger charge is -2.18. The smallest absolute Gasteiger partial charge is 0.124 e. The Morgan fingerprint density at radius 1 is 1.83 bits per heavy atom. The fourth-order valence-corrected chi connectivity index (χ4v) is 2.88. The van der Waals surface area contributed by atoms with Gasteiger partial charge >= 0.3 is 0 Å². The number of rotatable bonds is 4. The molecule has 0 aromatic heterocycles. The monoisotopic (exact) mass is 212 g/mol. The highest BCUT2D eigenvalue weighted by atomic mass is 35.7. The molecule has 4 atom stereocenters. The van der Waals surface area contributed by atoms with Gasteiger partial charge in [0.1, 0.15) is 7.50 Å². The number of halogens is 1. The van der Waals surface area contributed by atoms with Crippen LogP contribution in [0.15, 0.2) is 0 Å². The normalized spacial score (nSPS) is 39.6. The zero-order chi connectivity index (χ0) is 9.84. The Labute approximate surface area is 81.6 Å². The molecule has 0 radical (unpaired) electrons. The van der Waals surface area contributed by atoms with Crippen molar-refractivity contribution in [3.05, 3.63) is 0 Å². The Balaban J connectivity index is 2.39.